The highest BCUT2D eigenvalue weighted by atomic mass is 32.2. The van der Waals surface area contributed by atoms with Crippen LogP contribution in [0.15, 0.2) is 187 Å². The summed E-state index contributed by atoms with van der Waals surface area (Å²) in [4.78, 5) is 49.4. The molecule has 0 bridgehead atoms. The summed E-state index contributed by atoms with van der Waals surface area (Å²) in [6, 6.07) is 62.7. The molecule has 690 valence electrons. The summed E-state index contributed by atoms with van der Waals surface area (Å²) in [5.41, 5.74) is 18.4. The van der Waals surface area contributed by atoms with Gasteiger partial charge in [0.2, 0.25) is 11.6 Å². The summed E-state index contributed by atoms with van der Waals surface area (Å²) >= 11 is 21.5. The predicted octanol–water partition coefficient (Wildman–Crippen LogP) is 39.0. The second kappa shape index (κ2) is 42.7. The number of rotatable bonds is 42. The monoisotopic (exact) mass is 2000 g/mol. The lowest BCUT2D eigenvalue weighted by Gasteiger charge is -2.35. The van der Waals surface area contributed by atoms with E-state index in [1.807, 2.05) is 91.8 Å². The third kappa shape index (κ3) is 17.6. The largest absolute Gasteiger partial charge is 0.288 e. The minimum absolute atomic E-state index is 0.0697. The molecule has 0 aliphatic heterocycles. The fraction of sp³-hybridized carbons (Fsp3) is 0.356. The number of unbranched alkanes of at least 4 members (excludes halogenated alkanes) is 14. The van der Waals surface area contributed by atoms with E-state index in [0.29, 0.717) is 55.0 Å². The first-order chi connectivity index (χ1) is 66.7. The summed E-state index contributed by atoms with van der Waals surface area (Å²) < 4.78 is 8.96. The molecule has 0 saturated heterocycles. The fourth-order valence-corrected chi connectivity index (χ4v) is 36.7. The number of benzene rings is 5. The standard InChI is InChI=1S/C118H114N4O2S12/c1-11-19-25-29-35-73-39-47-77(48-40-73)117(78-49-41-74(42-50-78)36-30-26-20-12-2)85-65-81(63-83-95(87(67-119)121-9)101-109-91(59-61-125-109)133-113(101)105(83)123)129-107(85)115-103(117)99-97(89-55-57-93(131-89)127-69-71(17-7)33-23-15-5)112-100(98(111(99)135-115)90-56-58-94(132-90)128-70-72(18-8)34-24-16-6)104-116(136-112)108-86(66-82(130-108)64-84-96(88(68-120)122-10)102-110-92(60-62-126-110)134-114(102)106(84)124)118(104,79-51-43-75(44-52-79)37-31-27-21-13-3)80-53-45-76(46-54-80)38-32-28-22-14-4/h39-66,71-72H,11-38,69-70H2,1-8H3/b83-63-,84-64-,95-87-,96-88+. The molecule has 5 aromatic carbocycles. The number of carbonyl (C=O) groups is 2. The average Bonchev–Trinajstić information content (AvgIpc) is 1.48. The van der Waals surface area contributed by atoms with Gasteiger partial charge in [0.25, 0.3) is 11.4 Å². The van der Waals surface area contributed by atoms with E-state index in [0.717, 1.165) is 114 Å². The number of hydrogen-bond acceptors (Lipinski definition) is 16. The predicted molar refractivity (Wildman–Crippen MR) is 596 cm³/mol. The Hall–Kier alpha value is -8.90. The lowest BCUT2D eigenvalue weighted by molar-refractivity contribution is 0.103. The van der Waals surface area contributed by atoms with Gasteiger partial charge in [-0.25, -0.2) is 20.2 Å². The van der Waals surface area contributed by atoms with Crippen molar-refractivity contribution in [3.8, 4) is 52.5 Å². The Bertz CT molecular complexity index is 6750. The van der Waals surface area contributed by atoms with E-state index in [9.17, 15) is 10.5 Å². The van der Waals surface area contributed by atoms with Crippen molar-refractivity contribution in [2.45, 2.75) is 254 Å². The second-order valence-corrected chi connectivity index (χ2v) is 50.2. The van der Waals surface area contributed by atoms with Gasteiger partial charge in [-0.15, -0.1) is 137 Å². The zero-order valence-corrected chi connectivity index (χ0v) is 88.8. The molecule has 136 heavy (non-hydrogen) atoms. The molecular weight excluding hydrogens is 1890 g/mol. The third-order valence-electron chi connectivity index (χ3n) is 28.7. The van der Waals surface area contributed by atoms with E-state index >= 15 is 9.59 Å². The SMILES string of the molecule is [C-]#[N+]/C(C#N)=C1/C(=C/c2cc3c(s2)-c2sc4c(-c5ccc(SCC(CC)CCCC)s5)c5c6c(sc5c(-c5ccc(SCC(CC)CCCC)s5)c4c2C3(c2ccc(CCCCCC)cc2)c2ccc(CCCCCC)cc2)-c2sc(/C=C3\C(=O)c4sc5ccsc5c4\C3=C(/C#N)[N+]#[C-])cc2C6(c2ccc(CCCCCC)cc2)c2ccc(CCCCCC)cc2)C(=O)c2sc3ccsc3c21. The molecule has 0 radical (unpaired) electrons. The van der Waals surface area contributed by atoms with Crippen LogP contribution in [0.1, 0.15) is 316 Å². The molecule has 0 spiro atoms. The molecule has 10 aromatic heterocycles. The van der Waals surface area contributed by atoms with Crippen molar-refractivity contribution in [2.24, 2.45) is 11.8 Å². The quantitative estimate of drug-likeness (QED) is 0.0124. The Labute approximate surface area is 851 Å². The third-order valence-corrected chi connectivity index (χ3v) is 43.2. The maximum absolute atomic E-state index is 15.7. The lowest BCUT2D eigenvalue weighted by atomic mass is 9.66. The number of thioether (sulfide) groups is 2. The van der Waals surface area contributed by atoms with Gasteiger partial charge in [-0.2, -0.15) is 0 Å². The maximum atomic E-state index is 15.7. The van der Waals surface area contributed by atoms with Crippen molar-refractivity contribution in [1.82, 2.24) is 0 Å². The van der Waals surface area contributed by atoms with Crippen LogP contribution >= 0.6 is 137 Å². The number of thiophene rings is 10. The summed E-state index contributed by atoms with van der Waals surface area (Å²) in [5, 5.41) is 28.7. The number of fused-ring (bicyclic) bond motifs is 16. The van der Waals surface area contributed by atoms with Crippen LogP contribution in [-0.2, 0) is 36.5 Å². The number of allylic oxidation sites excluding steroid dienone is 6. The van der Waals surface area contributed by atoms with Crippen LogP contribution in [-0.4, -0.2) is 23.1 Å². The molecule has 0 fully saturated rings. The summed E-state index contributed by atoms with van der Waals surface area (Å²) in [7, 11) is 0. The van der Waals surface area contributed by atoms with Crippen molar-refractivity contribution in [3.63, 3.8) is 0 Å². The van der Waals surface area contributed by atoms with Gasteiger partial charge in [0.15, 0.2) is 0 Å². The van der Waals surface area contributed by atoms with Gasteiger partial charge < -0.3 is 0 Å². The molecule has 10 heterocycles. The fourth-order valence-electron chi connectivity index (χ4n) is 21.5. The van der Waals surface area contributed by atoms with E-state index in [1.165, 1.54) is 264 Å². The summed E-state index contributed by atoms with van der Waals surface area (Å²) in [5.74, 6) is 2.95. The zero-order valence-electron chi connectivity index (χ0n) is 79.0. The van der Waals surface area contributed by atoms with Gasteiger partial charge in [-0.3, -0.25) is 9.59 Å². The molecule has 0 amide bonds. The first-order valence-electron chi connectivity index (χ1n) is 49.6. The minimum Gasteiger partial charge on any atom is -0.288 e. The Kier molecular flexibility index (Phi) is 30.1. The highest BCUT2D eigenvalue weighted by molar-refractivity contribution is 8.01. The molecule has 6 nitrogen and oxygen atoms in total. The van der Waals surface area contributed by atoms with Crippen molar-refractivity contribution in [2.75, 3.05) is 11.5 Å². The first-order valence-corrected chi connectivity index (χ1v) is 59.8. The van der Waals surface area contributed by atoms with Crippen LogP contribution in [0.2, 0.25) is 0 Å². The Morgan fingerprint density at radius 3 is 1.04 bits per heavy atom. The van der Waals surface area contributed by atoms with E-state index in [2.05, 4.69) is 223 Å². The minimum atomic E-state index is -0.968. The normalized spacial score (nSPS) is 15.7. The number of nitriles is 2. The van der Waals surface area contributed by atoms with Crippen LogP contribution in [0.3, 0.4) is 0 Å². The Balaban J connectivity index is 0.968. The summed E-state index contributed by atoms with van der Waals surface area (Å²) in [6.45, 7) is 35.8. The topological polar surface area (TPSA) is 90.4 Å². The van der Waals surface area contributed by atoms with Gasteiger partial charge >= 0.3 is 0 Å². The molecule has 0 N–H and O–H groups in total. The highest BCUT2D eigenvalue weighted by Gasteiger charge is 2.55. The van der Waals surface area contributed by atoms with Crippen LogP contribution in [0.25, 0.3) is 112 Å². The van der Waals surface area contributed by atoms with Gasteiger partial charge in [0.05, 0.1) is 83.2 Å². The van der Waals surface area contributed by atoms with Crippen molar-refractivity contribution in [3.05, 3.63) is 299 Å². The molecule has 19 rings (SSSR count). The van der Waals surface area contributed by atoms with Crippen LogP contribution in [0.5, 0.6) is 0 Å². The Morgan fingerprint density at radius 2 is 0.728 bits per heavy atom. The molecular formula is C118H114N4O2S12. The van der Waals surface area contributed by atoms with Crippen LogP contribution in [0.4, 0.5) is 0 Å². The number of hydrogen-bond donors (Lipinski definition) is 0. The van der Waals surface area contributed by atoms with E-state index in [-0.39, 0.29) is 23.0 Å². The number of nitrogens with zero attached hydrogens (tertiary/aromatic N) is 4. The molecule has 2 unspecified atom stereocenters. The highest BCUT2D eigenvalue weighted by Crippen LogP contribution is 2.72. The first kappa shape index (κ1) is 96.0. The molecule has 15 aromatic rings. The maximum Gasteiger partial charge on any atom is 0.270 e. The van der Waals surface area contributed by atoms with Crippen molar-refractivity contribution in [1.29, 1.82) is 10.5 Å². The molecule has 2 atom stereocenters. The van der Waals surface area contributed by atoms with E-state index in [1.54, 1.807) is 45.3 Å². The van der Waals surface area contributed by atoms with E-state index < -0.39 is 10.8 Å². The van der Waals surface area contributed by atoms with Crippen molar-refractivity contribution >= 4 is 211 Å². The van der Waals surface area contributed by atoms with Gasteiger partial charge in [0.1, 0.15) is 0 Å². The number of ketones is 2. The van der Waals surface area contributed by atoms with Gasteiger partial charge in [-0.05, 0) is 214 Å². The number of Topliss-reactive ketones (excluding diaryl/α,β-unsaturated/α-hetero) is 2. The zero-order chi connectivity index (χ0) is 93.9. The average molecular weight is 2010 g/mol. The smallest absolute Gasteiger partial charge is 0.270 e. The second-order valence-electron chi connectivity index (χ2n) is 37.3. The number of aryl methyl sites for hydroxylation is 4. The molecule has 4 aliphatic carbocycles. The van der Waals surface area contributed by atoms with Crippen LogP contribution < -0.4 is 0 Å². The summed E-state index contributed by atoms with van der Waals surface area (Å²) in [6.07, 6.45) is 36.1. The van der Waals surface area contributed by atoms with Crippen molar-refractivity contribution < 1.29 is 9.59 Å². The molecule has 4 aliphatic rings. The van der Waals surface area contributed by atoms with E-state index in [4.69, 9.17) is 13.1 Å². The van der Waals surface area contributed by atoms with Crippen LogP contribution in [0, 0.1) is 47.6 Å². The molecule has 18 heteroatoms. The van der Waals surface area contributed by atoms with Gasteiger partial charge in [0, 0.05) is 105 Å². The molecule has 0 saturated carbocycles. The Morgan fingerprint density at radius 1 is 0.382 bits per heavy atom. The lowest BCUT2D eigenvalue weighted by Crippen LogP contribution is -2.29. The number of carbonyl (C=O) groups excluding carboxylic acids is 2. The van der Waals surface area contributed by atoms with Gasteiger partial charge in [-0.1, -0.05) is 268 Å².